The molecular formula is C19H25N3O3. The van der Waals surface area contributed by atoms with Crippen LogP contribution in [0.1, 0.15) is 41.2 Å². The van der Waals surface area contributed by atoms with Crippen molar-refractivity contribution >= 4 is 17.6 Å². The molecule has 1 aromatic heterocycles. The minimum absolute atomic E-state index is 0.110. The summed E-state index contributed by atoms with van der Waals surface area (Å²) in [6, 6.07) is 6.62. The smallest absolute Gasteiger partial charge is 0.337 e. The van der Waals surface area contributed by atoms with Gasteiger partial charge in [0.05, 0.1) is 24.8 Å². The van der Waals surface area contributed by atoms with Crippen LogP contribution in [0, 0.1) is 19.8 Å². The summed E-state index contributed by atoms with van der Waals surface area (Å²) in [6.45, 7) is 9.04. The van der Waals surface area contributed by atoms with E-state index in [1.807, 2.05) is 18.5 Å². The van der Waals surface area contributed by atoms with Gasteiger partial charge in [-0.05, 0) is 44.0 Å². The maximum atomic E-state index is 12.4. The predicted molar refractivity (Wildman–Crippen MR) is 96.7 cm³/mol. The van der Waals surface area contributed by atoms with E-state index in [9.17, 15) is 9.59 Å². The maximum Gasteiger partial charge on any atom is 0.337 e. The van der Waals surface area contributed by atoms with E-state index in [1.54, 1.807) is 24.3 Å². The van der Waals surface area contributed by atoms with Gasteiger partial charge in [0.1, 0.15) is 0 Å². The normalized spacial score (nSPS) is 10.8. The number of anilines is 1. The van der Waals surface area contributed by atoms with Crippen molar-refractivity contribution in [1.29, 1.82) is 0 Å². The molecule has 0 unspecified atom stereocenters. The number of ether oxygens (including phenoxy) is 1. The van der Waals surface area contributed by atoms with Crippen molar-refractivity contribution in [2.75, 3.05) is 12.4 Å². The zero-order valence-electron chi connectivity index (χ0n) is 15.4. The standard InChI is InChI=1S/C19H25N3O3/c1-12(2)11-22-14(4)17(13(3)21-22)10-18(23)20-16-8-6-15(7-9-16)19(24)25-5/h6-9,12H,10-11H2,1-5H3,(H,20,23). The molecule has 0 atom stereocenters. The van der Waals surface area contributed by atoms with Crippen molar-refractivity contribution in [3.63, 3.8) is 0 Å². The van der Waals surface area contributed by atoms with Crippen molar-refractivity contribution in [2.24, 2.45) is 5.92 Å². The first kappa shape index (κ1) is 18.7. The molecule has 2 aromatic rings. The van der Waals surface area contributed by atoms with E-state index in [4.69, 9.17) is 0 Å². The Hall–Kier alpha value is -2.63. The molecule has 0 aliphatic rings. The Balaban J connectivity index is 2.05. The van der Waals surface area contributed by atoms with Gasteiger partial charge in [-0.2, -0.15) is 5.10 Å². The number of benzene rings is 1. The fraction of sp³-hybridized carbons (Fsp3) is 0.421. The SMILES string of the molecule is COC(=O)c1ccc(NC(=O)Cc2c(C)nn(CC(C)C)c2C)cc1. The molecule has 6 heteroatoms. The fourth-order valence-corrected chi connectivity index (χ4v) is 2.69. The van der Waals surface area contributed by atoms with Crippen LogP contribution in [0.5, 0.6) is 0 Å². The molecule has 25 heavy (non-hydrogen) atoms. The molecule has 134 valence electrons. The summed E-state index contributed by atoms with van der Waals surface area (Å²) in [6.07, 6.45) is 0.272. The van der Waals surface area contributed by atoms with Crippen LogP contribution in [0.2, 0.25) is 0 Å². The van der Waals surface area contributed by atoms with Gasteiger partial charge in [0.2, 0.25) is 5.91 Å². The number of methoxy groups -OCH3 is 1. The van der Waals surface area contributed by atoms with Gasteiger partial charge in [0.15, 0.2) is 0 Å². The first-order chi connectivity index (χ1) is 11.8. The summed E-state index contributed by atoms with van der Waals surface area (Å²) >= 11 is 0. The highest BCUT2D eigenvalue weighted by atomic mass is 16.5. The largest absolute Gasteiger partial charge is 0.465 e. The minimum atomic E-state index is -0.401. The second-order valence-corrected chi connectivity index (χ2v) is 6.52. The highest BCUT2D eigenvalue weighted by Crippen LogP contribution is 2.17. The van der Waals surface area contributed by atoms with Gasteiger partial charge in [-0.3, -0.25) is 9.48 Å². The van der Waals surface area contributed by atoms with E-state index < -0.39 is 5.97 Å². The molecule has 2 rings (SSSR count). The molecule has 0 bridgehead atoms. The second-order valence-electron chi connectivity index (χ2n) is 6.52. The lowest BCUT2D eigenvalue weighted by atomic mass is 10.1. The number of hydrogen-bond acceptors (Lipinski definition) is 4. The Bertz CT molecular complexity index is 761. The highest BCUT2D eigenvalue weighted by Gasteiger charge is 2.16. The Morgan fingerprint density at radius 1 is 1.20 bits per heavy atom. The van der Waals surface area contributed by atoms with Crippen LogP contribution in [-0.4, -0.2) is 28.8 Å². The molecule has 0 radical (unpaired) electrons. The highest BCUT2D eigenvalue weighted by molar-refractivity contribution is 5.94. The van der Waals surface area contributed by atoms with Gasteiger partial charge < -0.3 is 10.1 Å². The number of aromatic nitrogens is 2. The van der Waals surface area contributed by atoms with Gasteiger partial charge >= 0.3 is 5.97 Å². The molecule has 1 aromatic carbocycles. The third-order valence-electron chi connectivity index (χ3n) is 4.00. The molecule has 1 heterocycles. The number of rotatable bonds is 6. The molecular weight excluding hydrogens is 318 g/mol. The average molecular weight is 343 g/mol. The van der Waals surface area contributed by atoms with Gasteiger partial charge in [0.25, 0.3) is 0 Å². The summed E-state index contributed by atoms with van der Waals surface area (Å²) in [7, 11) is 1.34. The van der Waals surface area contributed by atoms with Crippen LogP contribution in [0.4, 0.5) is 5.69 Å². The fourth-order valence-electron chi connectivity index (χ4n) is 2.69. The second kappa shape index (κ2) is 7.96. The number of hydrogen-bond donors (Lipinski definition) is 1. The van der Waals surface area contributed by atoms with E-state index in [-0.39, 0.29) is 12.3 Å². The summed E-state index contributed by atoms with van der Waals surface area (Å²) in [5.41, 5.74) is 3.96. The lowest BCUT2D eigenvalue weighted by Gasteiger charge is -2.09. The molecule has 0 aliphatic heterocycles. The van der Waals surface area contributed by atoms with Crippen LogP contribution >= 0.6 is 0 Å². The number of nitrogens with one attached hydrogen (secondary N) is 1. The van der Waals surface area contributed by atoms with Crippen LogP contribution in [0.15, 0.2) is 24.3 Å². The third kappa shape index (κ3) is 4.68. The zero-order chi connectivity index (χ0) is 18.6. The lowest BCUT2D eigenvalue weighted by molar-refractivity contribution is -0.115. The first-order valence-corrected chi connectivity index (χ1v) is 8.33. The van der Waals surface area contributed by atoms with Crippen LogP contribution < -0.4 is 5.32 Å². The number of carbonyl (C=O) groups excluding carboxylic acids is 2. The Labute approximate surface area is 148 Å². The number of aryl methyl sites for hydroxylation is 1. The van der Waals surface area contributed by atoms with Crippen LogP contribution in [-0.2, 0) is 22.5 Å². The van der Waals surface area contributed by atoms with Crippen molar-refractivity contribution in [1.82, 2.24) is 9.78 Å². The van der Waals surface area contributed by atoms with E-state index in [0.29, 0.717) is 17.2 Å². The minimum Gasteiger partial charge on any atom is -0.465 e. The third-order valence-corrected chi connectivity index (χ3v) is 4.00. The lowest BCUT2D eigenvalue weighted by Crippen LogP contribution is -2.16. The first-order valence-electron chi connectivity index (χ1n) is 8.33. The number of nitrogens with zero attached hydrogens (tertiary/aromatic N) is 2. The molecule has 6 nitrogen and oxygen atoms in total. The summed E-state index contributed by atoms with van der Waals surface area (Å²) < 4.78 is 6.62. The number of amides is 1. The molecule has 0 saturated carbocycles. The van der Waals surface area contributed by atoms with Gasteiger partial charge in [0, 0.05) is 23.5 Å². The van der Waals surface area contributed by atoms with Crippen molar-refractivity contribution < 1.29 is 14.3 Å². The monoisotopic (exact) mass is 343 g/mol. The Kier molecular flexibility index (Phi) is 5.96. The summed E-state index contributed by atoms with van der Waals surface area (Å²) in [5, 5.41) is 7.39. The molecule has 1 amide bonds. The van der Waals surface area contributed by atoms with E-state index in [2.05, 4.69) is 29.0 Å². The van der Waals surface area contributed by atoms with Gasteiger partial charge in [-0.1, -0.05) is 13.8 Å². The predicted octanol–water partition coefficient (Wildman–Crippen LogP) is 3.12. The maximum absolute atomic E-state index is 12.4. The Morgan fingerprint density at radius 2 is 1.84 bits per heavy atom. The topological polar surface area (TPSA) is 73.2 Å². The van der Waals surface area contributed by atoms with Crippen LogP contribution in [0.3, 0.4) is 0 Å². The molecule has 0 fully saturated rings. The van der Waals surface area contributed by atoms with Crippen molar-refractivity contribution in [3.8, 4) is 0 Å². The summed E-state index contributed by atoms with van der Waals surface area (Å²) in [4.78, 5) is 23.8. The number of carbonyl (C=O) groups is 2. The van der Waals surface area contributed by atoms with E-state index in [0.717, 1.165) is 23.5 Å². The van der Waals surface area contributed by atoms with E-state index in [1.165, 1.54) is 7.11 Å². The summed E-state index contributed by atoms with van der Waals surface area (Å²) in [5.74, 6) is -0.0178. The molecule has 0 aliphatic carbocycles. The molecule has 0 spiro atoms. The zero-order valence-corrected chi connectivity index (χ0v) is 15.4. The quantitative estimate of drug-likeness (QED) is 0.818. The Morgan fingerprint density at radius 3 is 2.40 bits per heavy atom. The van der Waals surface area contributed by atoms with Crippen LogP contribution in [0.25, 0.3) is 0 Å². The molecule has 0 saturated heterocycles. The van der Waals surface area contributed by atoms with Gasteiger partial charge in [-0.15, -0.1) is 0 Å². The number of esters is 1. The van der Waals surface area contributed by atoms with Crippen molar-refractivity contribution in [3.05, 3.63) is 46.8 Å². The van der Waals surface area contributed by atoms with Gasteiger partial charge in [-0.25, -0.2) is 4.79 Å². The van der Waals surface area contributed by atoms with Crippen molar-refractivity contribution in [2.45, 2.75) is 40.7 Å². The van der Waals surface area contributed by atoms with E-state index >= 15 is 0 Å². The average Bonchev–Trinajstić information content (AvgIpc) is 2.81. The molecule has 1 N–H and O–H groups in total.